The fourth-order valence-corrected chi connectivity index (χ4v) is 4.22. The molecule has 0 aliphatic carbocycles. The molecule has 12 heteroatoms. The van der Waals surface area contributed by atoms with Crippen LogP contribution in [0.15, 0.2) is 47.4 Å². The number of piperazine rings is 1. The summed E-state index contributed by atoms with van der Waals surface area (Å²) in [7, 11) is 2.03. The van der Waals surface area contributed by atoms with Crippen molar-refractivity contribution in [3.05, 3.63) is 70.1 Å². The number of carbonyl (C=O) groups excluding carboxylic acids is 1. The molecule has 1 saturated heterocycles. The highest BCUT2D eigenvalue weighted by atomic mass is 19.2. The van der Waals surface area contributed by atoms with Crippen molar-refractivity contribution >= 4 is 28.7 Å². The topological polar surface area (TPSA) is 123 Å². The molecule has 1 amide bonds. The summed E-state index contributed by atoms with van der Waals surface area (Å²) in [5.74, 6) is -2.07. The van der Waals surface area contributed by atoms with Gasteiger partial charge in [0.05, 0.1) is 29.5 Å². The van der Waals surface area contributed by atoms with Crippen LogP contribution in [0.5, 0.6) is 0 Å². The Kier molecular flexibility index (Phi) is 6.49. The number of halogens is 2. The van der Waals surface area contributed by atoms with E-state index >= 15 is 0 Å². The number of likely N-dealkylation sites (N-methyl/N-ethyl adjacent to an activating group) is 1. The van der Waals surface area contributed by atoms with Crippen LogP contribution in [-0.2, 0) is 4.79 Å². The third-order valence-corrected chi connectivity index (χ3v) is 6.40. The van der Waals surface area contributed by atoms with Crippen molar-refractivity contribution in [3.8, 4) is 16.9 Å². The number of pyridine rings is 1. The predicted molar refractivity (Wildman–Crippen MR) is 135 cm³/mol. The van der Waals surface area contributed by atoms with Gasteiger partial charge in [-0.05, 0) is 37.4 Å². The van der Waals surface area contributed by atoms with Gasteiger partial charge in [-0.15, -0.1) is 5.10 Å². The van der Waals surface area contributed by atoms with E-state index in [0.29, 0.717) is 35.4 Å². The van der Waals surface area contributed by atoms with Crippen LogP contribution in [-0.4, -0.2) is 81.7 Å². The second-order valence-corrected chi connectivity index (χ2v) is 8.87. The number of fused-ring (bicyclic) bond motifs is 1. The highest BCUT2D eigenvalue weighted by Crippen LogP contribution is 2.22. The van der Waals surface area contributed by atoms with E-state index in [9.17, 15) is 18.4 Å². The molecular weight excluding hydrogens is 482 g/mol. The molecule has 3 heterocycles. The Labute approximate surface area is 210 Å². The summed E-state index contributed by atoms with van der Waals surface area (Å²) < 4.78 is 28.6. The molecule has 0 saturated carbocycles. The quantitative estimate of drug-likeness (QED) is 0.345. The molecule has 10 nitrogen and oxygen atoms in total. The maximum Gasteiger partial charge on any atom is 0.258 e. The molecular formula is C25H24F2N8O2. The first-order valence-corrected chi connectivity index (χ1v) is 11.6. The Morgan fingerprint density at radius 3 is 2.65 bits per heavy atom. The van der Waals surface area contributed by atoms with Crippen LogP contribution in [0.2, 0.25) is 0 Å². The molecule has 3 N–H and O–H groups in total. The van der Waals surface area contributed by atoms with Gasteiger partial charge in [-0.1, -0.05) is 5.21 Å². The molecule has 5 rings (SSSR count). The van der Waals surface area contributed by atoms with E-state index in [1.165, 1.54) is 23.2 Å². The SMILES string of the molecule is CN1CCN(C(=O)CNc2ccc(-n3cc(-c4cc5cc(F)c(F)cc5[nH]c4=O)nn3)cc2C=N)CC1. The zero-order valence-electron chi connectivity index (χ0n) is 20.0. The molecule has 2 aromatic carbocycles. The standard InChI is InChI=1S/C25H24F2N8O2/c1-33-4-6-34(7-5-33)24(36)13-29-21-3-2-17(8-16(21)12-28)35-14-23(31-32-35)18-9-15-10-19(26)20(27)11-22(15)30-25(18)37/h2-3,8-12,14,28-29H,4-7,13H2,1H3,(H,30,37). The third kappa shape index (κ3) is 4.96. The fraction of sp³-hybridized carbons (Fsp3) is 0.240. The van der Waals surface area contributed by atoms with Crippen LogP contribution in [0.25, 0.3) is 27.8 Å². The zero-order chi connectivity index (χ0) is 26.1. The van der Waals surface area contributed by atoms with Gasteiger partial charge >= 0.3 is 0 Å². The second-order valence-electron chi connectivity index (χ2n) is 8.87. The van der Waals surface area contributed by atoms with Gasteiger partial charge in [0.15, 0.2) is 11.6 Å². The normalized spacial score (nSPS) is 14.2. The van der Waals surface area contributed by atoms with E-state index in [0.717, 1.165) is 25.2 Å². The van der Waals surface area contributed by atoms with Crippen molar-refractivity contribution in [2.75, 3.05) is 45.1 Å². The van der Waals surface area contributed by atoms with E-state index in [2.05, 4.69) is 25.5 Å². The van der Waals surface area contributed by atoms with Crippen molar-refractivity contribution in [2.24, 2.45) is 0 Å². The van der Waals surface area contributed by atoms with E-state index in [4.69, 9.17) is 5.41 Å². The van der Waals surface area contributed by atoms with Gasteiger partial charge in [-0.25, -0.2) is 13.5 Å². The highest BCUT2D eigenvalue weighted by molar-refractivity contribution is 5.89. The second kappa shape index (κ2) is 9.90. The number of nitrogens with one attached hydrogen (secondary N) is 3. The van der Waals surface area contributed by atoms with E-state index in [1.54, 1.807) is 18.2 Å². The highest BCUT2D eigenvalue weighted by Gasteiger charge is 2.19. The lowest BCUT2D eigenvalue weighted by Crippen LogP contribution is -2.48. The summed E-state index contributed by atoms with van der Waals surface area (Å²) >= 11 is 0. The van der Waals surface area contributed by atoms with Gasteiger partial charge in [-0.3, -0.25) is 9.59 Å². The van der Waals surface area contributed by atoms with Crippen molar-refractivity contribution in [1.82, 2.24) is 29.8 Å². The monoisotopic (exact) mass is 506 g/mol. The van der Waals surface area contributed by atoms with Gasteiger partial charge in [0.1, 0.15) is 5.69 Å². The van der Waals surface area contributed by atoms with Crippen molar-refractivity contribution < 1.29 is 13.6 Å². The number of nitrogens with zero attached hydrogens (tertiary/aromatic N) is 5. The number of aromatic amines is 1. The number of anilines is 1. The molecule has 0 spiro atoms. The first-order valence-electron chi connectivity index (χ1n) is 11.6. The predicted octanol–water partition coefficient (Wildman–Crippen LogP) is 2.24. The maximum absolute atomic E-state index is 13.7. The fourth-order valence-electron chi connectivity index (χ4n) is 4.22. The van der Waals surface area contributed by atoms with Gasteiger partial charge in [0.2, 0.25) is 5.91 Å². The molecule has 0 radical (unpaired) electrons. The number of H-pyrrole nitrogens is 1. The van der Waals surface area contributed by atoms with E-state index in [-0.39, 0.29) is 29.2 Å². The summed E-state index contributed by atoms with van der Waals surface area (Å²) in [6, 6.07) is 8.56. The van der Waals surface area contributed by atoms with Gasteiger partial charge < -0.3 is 25.5 Å². The van der Waals surface area contributed by atoms with Gasteiger partial charge in [0, 0.05) is 55.1 Å². The Morgan fingerprint density at radius 2 is 1.89 bits per heavy atom. The lowest BCUT2D eigenvalue weighted by atomic mass is 10.1. The van der Waals surface area contributed by atoms with Crippen LogP contribution >= 0.6 is 0 Å². The number of carbonyl (C=O) groups is 1. The number of aromatic nitrogens is 4. The minimum absolute atomic E-state index is 0.00254. The minimum Gasteiger partial charge on any atom is -0.376 e. The molecule has 37 heavy (non-hydrogen) atoms. The molecule has 1 aliphatic rings. The Balaban J connectivity index is 1.35. The number of amides is 1. The number of hydrogen-bond acceptors (Lipinski definition) is 7. The molecule has 4 aromatic rings. The van der Waals surface area contributed by atoms with Crippen LogP contribution in [0.4, 0.5) is 14.5 Å². The summed E-state index contributed by atoms with van der Waals surface area (Å²) in [6.45, 7) is 3.17. The largest absolute Gasteiger partial charge is 0.376 e. The lowest BCUT2D eigenvalue weighted by Gasteiger charge is -2.32. The average Bonchev–Trinajstić information content (AvgIpc) is 3.38. The summed E-state index contributed by atoms with van der Waals surface area (Å²) in [4.78, 5) is 31.6. The molecule has 0 atom stereocenters. The van der Waals surface area contributed by atoms with Crippen LogP contribution < -0.4 is 10.9 Å². The molecule has 190 valence electrons. The Bertz CT molecular complexity index is 1560. The summed E-state index contributed by atoms with van der Waals surface area (Å²) in [5.41, 5.74) is 1.80. The smallest absolute Gasteiger partial charge is 0.258 e. The van der Waals surface area contributed by atoms with Crippen molar-refractivity contribution in [3.63, 3.8) is 0 Å². The first kappa shape index (κ1) is 24.3. The van der Waals surface area contributed by atoms with Crippen molar-refractivity contribution in [2.45, 2.75) is 0 Å². The molecule has 2 aromatic heterocycles. The van der Waals surface area contributed by atoms with E-state index < -0.39 is 17.2 Å². The first-order chi connectivity index (χ1) is 17.8. The van der Waals surface area contributed by atoms with Crippen molar-refractivity contribution in [1.29, 1.82) is 5.41 Å². The van der Waals surface area contributed by atoms with E-state index in [1.807, 2.05) is 11.9 Å². The Hall–Kier alpha value is -4.45. The molecule has 1 fully saturated rings. The number of rotatable bonds is 6. The van der Waals surface area contributed by atoms with Crippen LogP contribution in [0, 0.1) is 17.0 Å². The number of hydrogen-bond donors (Lipinski definition) is 3. The lowest BCUT2D eigenvalue weighted by molar-refractivity contribution is -0.130. The average molecular weight is 507 g/mol. The molecule has 0 bridgehead atoms. The molecule has 0 unspecified atom stereocenters. The summed E-state index contributed by atoms with van der Waals surface area (Å²) in [5, 5.41) is 19.4. The van der Waals surface area contributed by atoms with Gasteiger partial charge in [0.25, 0.3) is 5.56 Å². The third-order valence-electron chi connectivity index (χ3n) is 6.40. The minimum atomic E-state index is -1.05. The Morgan fingerprint density at radius 1 is 1.14 bits per heavy atom. The number of benzene rings is 2. The van der Waals surface area contributed by atoms with Gasteiger partial charge in [-0.2, -0.15) is 0 Å². The zero-order valence-corrected chi connectivity index (χ0v) is 20.0. The maximum atomic E-state index is 13.7. The van der Waals surface area contributed by atoms with Crippen LogP contribution in [0.1, 0.15) is 5.56 Å². The summed E-state index contributed by atoms with van der Waals surface area (Å²) in [6.07, 6.45) is 2.70. The van der Waals surface area contributed by atoms with Crippen LogP contribution in [0.3, 0.4) is 0 Å². The molecule has 1 aliphatic heterocycles.